The number of hydrogen-bond acceptors (Lipinski definition) is 7. The molecule has 0 aliphatic rings. The van der Waals surface area contributed by atoms with E-state index in [0.29, 0.717) is 72.0 Å². The summed E-state index contributed by atoms with van der Waals surface area (Å²) in [5, 5.41) is 3.28. The molecule has 0 saturated carbocycles. The maximum absolute atomic E-state index is 5.44. The minimum absolute atomic E-state index is 0.565. The second-order valence-corrected chi connectivity index (χ2v) is 6.28. The van der Waals surface area contributed by atoms with Crippen molar-refractivity contribution in [1.29, 1.82) is 0 Å². The molecule has 0 bridgehead atoms. The van der Waals surface area contributed by atoms with Crippen molar-refractivity contribution >= 4 is 0 Å². The molecule has 0 fully saturated rings. The van der Waals surface area contributed by atoms with Crippen LogP contribution in [0.4, 0.5) is 0 Å². The van der Waals surface area contributed by atoms with E-state index < -0.39 is 0 Å². The van der Waals surface area contributed by atoms with E-state index in [0.717, 1.165) is 32.7 Å². The highest BCUT2D eigenvalue weighted by Crippen LogP contribution is 1.92. The molecule has 7 heteroatoms. The number of rotatable bonds is 22. The summed E-state index contributed by atoms with van der Waals surface area (Å²) in [7, 11) is 0. The lowest BCUT2D eigenvalue weighted by molar-refractivity contribution is -0.0177. The van der Waals surface area contributed by atoms with Gasteiger partial charge in [0, 0.05) is 13.2 Å². The molecule has 0 rings (SSSR count). The molecule has 7 nitrogen and oxygen atoms in total. The summed E-state index contributed by atoms with van der Waals surface area (Å²) in [5.74, 6) is 0.565. The molecule has 0 saturated heterocycles. The van der Waals surface area contributed by atoms with Gasteiger partial charge in [0.25, 0.3) is 0 Å². The van der Waals surface area contributed by atoms with Crippen LogP contribution in [0.5, 0.6) is 0 Å². The van der Waals surface area contributed by atoms with Crippen LogP contribution in [0.3, 0.4) is 0 Å². The number of hydrogen-bond donors (Lipinski definition) is 1. The maximum Gasteiger partial charge on any atom is 0.0701 e. The minimum Gasteiger partial charge on any atom is -0.379 e. The van der Waals surface area contributed by atoms with Gasteiger partial charge in [-0.05, 0) is 18.9 Å². The Hall–Kier alpha value is -0.280. The lowest BCUT2D eigenvalue weighted by Crippen LogP contribution is -2.21. The van der Waals surface area contributed by atoms with E-state index >= 15 is 0 Å². The lowest BCUT2D eigenvalue weighted by atomic mass is 10.2. The molecule has 0 spiro atoms. The van der Waals surface area contributed by atoms with Crippen molar-refractivity contribution in [3.63, 3.8) is 0 Å². The van der Waals surface area contributed by atoms with Gasteiger partial charge in [0.05, 0.1) is 72.7 Å². The molecule has 26 heavy (non-hydrogen) atoms. The Morgan fingerprint density at radius 2 is 0.923 bits per heavy atom. The highest BCUT2D eigenvalue weighted by Gasteiger charge is 1.95. The van der Waals surface area contributed by atoms with Crippen molar-refractivity contribution in [2.45, 2.75) is 27.2 Å². The van der Waals surface area contributed by atoms with Crippen molar-refractivity contribution in [3.8, 4) is 0 Å². The quantitative estimate of drug-likeness (QED) is 0.287. The van der Waals surface area contributed by atoms with Crippen LogP contribution in [0, 0.1) is 5.92 Å². The van der Waals surface area contributed by atoms with Crippen LogP contribution in [-0.2, 0) is 28.4 Å². The van der Waals surface area contributed by atoms with Crippen molar-refractivity contribution in [1.82, 2.24) is 5.32 Å². The topological polar surface area (TPSA) is 67.4 Å². The third kappa shape index (κ3) is 23.7. The number of ether oxygens (including phenoxy) is 6. The fourth-order valence-corrected chi connectivity index (χ4v) is 1.86. The summed E-state index contributed by atoms with van der Waals surface area (Å²) in [6.07, 6.45) is 1.15. The van der Waals surface area contributed by atoms with Crippen LogP contribution in [0.2, 0.25) is 0 Å². The monoisotopic (exact) mass is 379 g/mol. The third-order valence-electron chi connectivity index (χ3n) is 3.16. The van der Waals surface area contributed by atoms with Crippen LogP contribution in [0.15, 0.2) is 0 Å². The molecule has 0 aliphatic carbocycles. The van der Waals surface area contributed by atoms with E-state index in [4.69, 9.17) is 28.4 Å². The van der Waals surface area contributed by atoms with Gasteiger partial charge in [-0.2, -0.15) is 0 Å². The smallest absolute Gasteiger partial charge is 0.0701 e. The first-order chi connectivity index (χ1) is 12.8. The van der Waals surface area contributed by atoms with E-state index in [1.165, 1.54) is 0 Å². The zero-order chi connectivity index (χ0) is 19.1. The van der Waals surface area contributed by atoms with E-state index in [1.807, 2.05) is 0 Å². The molecule has 0 amide bonds. The van der Waals surface area contributed by atoms with Gasteiger partial charge in [-0.25, -0.2) is 0 Å². The van der Waals surface area contributed by atoms with E-state index in [-0.39, 0.29) is 0 Å². The largest absolute Gasteiger partial charge is 0.379 e. The average molecular weight is 380 g/mol. The predicted molar refractivity (Wildman–Crippen MR) is 103 cm³/mol. The Bertz CT molecular complexity index is 256. The Labute approximate surface area is 160 Å². The zero-order valence-corrected chi connectivity index (χ0v) is 17.1. The van der Waals surface area contributed by atoms with E-state index in [9.17, 15) is 0 Å². The molecule has 0 aromatic heterocycles. The third-order valence-corrected chi connectivity index (χ3v) is 3.16. The van der Waals surface area contributed by atoms with Gasteiger partial charge in [-0.15, -0.1) is 0 Å². The Balaban J connectivity index is 2.97. The lowest BCUT2D eigenvalue weighted by Gasteiger charge is -2.09. The van der Waals surface area contributed by atoms with E-state index in [1.54, 1.807) is 0 Å². The minimum atomic E-state index is 0.565. The first-order valence-corrected chi connectivity index (χ1v) is 9.94. The molecule has 0 radical (unpaired) electrons. The molecule has 0 aromatic rings. The van der Waals surface area contributed by atoms with Gasteiger partial charge in [-0.3, -0.25) is 0 Å². The molecular formula is C19H41NO6. The van der Waals surface area contributed by atoms with Crippen LogP contribution in [0.1, 0.15) is 27.2 Å². The van der Waals surface area contributed by atoms with Gasteiger partial charge in [0.1, 0.15) is 0 Å². The normalized spacial score (nSPS) is 11.5. The molecule has 0 atom stereocenters. The van der Waals surface area contributed by atoms with Crippen molar-refractivity contribution < 1.29 is 28.4 Å². The molecule has 0 aliphatic heterocycles. The molecule has 0 aromatic carbocycles. The number of nitrogens with one attached hydrogen (secondary N) is 1. The summed E-state index contributed by atoms with van der Waals surface area (Å²) >= 11 is 0. The highest BCUT2D eigenvalue weighted by atomic mass is 16.6. The van der Waals surface area contributed by atoms with Gasteiger partial charge < -0.3 is 33.7 Å². The van der Waals surface area contributed by atoms with Crippen molar-refractivity contribution in [2.75, 3.05) is 92.4 Å². The Morgan fingerprint density at radius 3 is 1.31 bits per heavy atom. The summed E-state index contributed by atoms with van der Waals surface area (Å²) in [5.41, 5.74) is 0. The summed E-state index contributed by atoms with van der Waals surface area (Å²) < 4.78 is 32.5. The standard InChI is InChI=1S/C19H41NO6/c1-4-5-20-6-7-21-8-9-22-10-11-23-12-13-24-14-15-25-16-17-26-18-19(2)3/h19-20H,4-18H2,1-3H3. The Morgan fingerprint density at radius 1 is 0.538 bits per heavy atom. The van der Waals surface area contributed by atoms with Gasteiger partial charge in [0.15, 0.2) is 0 Å². The average Bonchev–Trinajstić information content (AvgIpc) is 2.62. The second kappa shape index (κ2) is 22.8. The van der Waals surface area contributed by atoms with Crippen LogP contribution < -0.4 is 5.32 Å². The Kier molecular flexibility index (Phi) is 22.5. The first kappa shape index (κ1) is 25.7. The summed E-state index contributed by atoms with van der Waals surface area (Å²) in [4.78, 5) is 0. The summed E-state index contributed by atoms with van der Waals surface area (Å²) in [6.45, 7) is 15.8. The molecule has 0 unspecified atom stereocenters. The molecule has 1 N–H and O–H groups in total. The zero-order valence-electron chi connectivity index (χ0n) is 17.1. The van der Waals surface area contributed by atoms with Crippen molar-refractivity contribution in [3.05, 3.63) is 0 Å². The van der Waals surface area contributed by atoms with E-state index in [2.05, 4.69) is 26.1 Å². The SMILES string of the molecule is CCCNCCOCCOCCOCCOCCOCCOCC(C)C. The molecule has 158 valence electrons. The first-order valence-electron chi connectivity index (χ1n) is 9.94. The fourth-order valence-electron chi connectivity index (χ4n) is 1.86. The van der Waals surface area contributed by atoms with Gasteiger partial charge in [-0.1, -0.05) is 20.8 Å². The summed E-state index contributed by atoms with van der Waals surface area (Å²) in [6, 6.07) is 0. The van der Waals surface area contributed by atoms with Crippen molar-refractivity contribution in [2.24, 2.45) is 5.92 Å². The molecular weight excluding hydrogens is 338 g/mol. The van der Waals surface area contributed by atoms with Gasteiger partial charge in [0.2, 0.25) is 0 Å². The van der Waals surface area contributed by atoms with Crippen LogP contribution in [-0.4, -0.2) is 92.4 Å². The van der Waals surface area contributed by atoms with Crippen LogP contribution in [0.25, 0.3) is 0 Å². The maximum atomic E-state index is 5.44. The highest BCUT2D eigenvalue weighted by molar-refractivity contribution is 4.43. The second-order valence-electron chi connectivity index (χ2n) is 6.28. The fraction of sp³-hybridized carbons (Fsp3) is 1.00. The van der Waals surface area contributed by atoms with Gasteiger partial charge >= 0.3 is 0 Å². The van der Waals surface area contributed by atoms with Crippen LogP contribution >= 0.6 is 0 Å². The predicted octanol–water partition coefficient (Wildman–Crippen LogP) is 1.74. The molecule has 0 heterocycles.